The number of thioether (sulfide) groups is 1. The van der Waals surface area contributed by atoms with Gasteiger partial charge in [0.2, 0.25) is 71.4 Å². The molecule has 116 heavy (non-hydrogen) atoms. The molecule has 0 bridgehead atoms. The first-order chi connectivity index (χ1) is 55.2. The number of carbonyl (C=O) groups excluding carboxylic acids is 12. The molecule has 5 rings (SSSR count). The lowest BCUT2D eigenvalue weighted by Gasteiger charge is -2.35. The van der Waals surface area contributed by atoms with Gasteiger partial charge in [0.1, 0.15) is 72.3 Å². The van der Waals surface area contributed by atoms with E-state index in [1.165, 1.54) is 37.2 Å². The second-order valence-corrected chi connectivity index (χ2v) is 32.7. The van der Waals surface area contributed by atoms with E-state index in [0.717, 1.165) is 60.5 Å². The third-order valence-corrected chi connectivity index (χ3v) is 22.1. The number of nitrogens with one attached hydrogen (secondary N) is 10. The van der Waals surface area contributed by atoms with Crippen molar-refractivity contribution in [3.63, 3.8) is 0 Å². The van der Waals surface area contributed by atoms with Crippen molar-refractivity contribution in [3.05, 3.63) is 65.7 Å². The molecule has 0 spiro atoms. The van der Waals surface area contributed by atoms with E-state index in [9.17, 15) is 93.6 Å². The first kappa shape index (κ1) is 98.4. The Balaban J connectivity index is 1.48. The van der Waals surface area contributed by atoms with E-state index in [2.05, 4.69) is 73.9 Å². The van der Waals surface area contributed by atoms with E-state index in [0.29, 0.717) is 55.2 Å². The van der Waals surface area contributed by atoms with Gasteiger partial charge in [-0.3, -0.25) is 57.5 Å². The standard InChI is InChI=1S/C81H131N13O21S/c1-9-11-17-25-61(99)67-81(114)93-36-33-62(100)69(93)78(112)92-79(115-37-35-83-72(106)56(82)44-84-73(107)59(41-51-23-19-16-20-24-51)88-75(109)58(39-47(3)4)87-74(108)57(85-46-95)34-38-116-8)63(101)32-29-53(86-64(102)26-21-15-13-12-14-18-22-49(6)40-48(5)10-2)42-65(103)89-66(50(7)96)80(113)94-45-55(98)43-60(94)76(110)91-68(77(111)90-67)71(105)70(104)52-27-30-54(97)31-28-52/h16,19-20,23-24,27-28,30-31,46-50,53,55-63,66-71,79,96-101,104-105H,9-15,17-18,21-22,25-26,29,32-45,82H2,1-8H3,(H,83,106)(H,84,107)(H,85,95)(H,86,102)(H,87,108)(H,88,109)(H,89,103)(H,90,111)(H,91,110)(H,92,112). The molecule has 2 aromatic carbocycles. The van der Waals surface area contributed by atoms with Gasteiger partial charge in [-0.2, -0.15) is 11.8 Å². The topological polar surface area (TPSA) is 529 Å². The van der Waals surface area contributed by atoms with E-state index in [-0.39, 0.29) is 75.1 Å². The Bertz CT molecular complexity index is 3430. The zero-order valence-corrected chi connectivity index (χ0v) is 69.3. The Kier molecular flexibility index (Phi) is 43.5. The number of carbonyl (C=O) groups is 12. The summed E-state index contributed by atoms with van der Waals surface area (Å²) in [5, 5.41) is 118. The number of hydrogen-bond donors (Lipinski definition) is 19. The van der Waals surface area contributed by atoms with Crippen LogP contribution >= 0.6 is 11.8 Å². The Hall–Kier alpha value is -8.13. The van der Waals surface area contributed by atoms with E-state index in [4.69, 9.17) is 10.5 Å². The number of aliphatic hydroxyl groups excluding tert-OH is 7. The molecule has 3 aliphatic rings. The smallest absolute Gasteiger partial charge is 0.248 e. The molecule has 3 fully saturated rings. The molecule has 3 saturated heterocycles. The molecule has 20 N–H and O–H groups in total. The van der Waals surface area contributed by atoms with Crippen molar-refractivity contribution in [2.75, 3.05) is 44.8 Å². The van der Waals surface area contributed by atoms with Crippen LogP contribution in [0.15, 0.2) is 54.6 Å². The number of nitrogens with zero attached hydrogens (tertiary/aromatic N) is 2. The van der Waals surface area contributed by atoms with E-state index >= 15 is 4.79 Å². The fourth-order valence-corrected chi connectivity index (χ4v) is 15.1. The molecule has 0 aliphatic carbocycles. The number of amides is 12. The van der Waals surface area contributed by atoms with Gasteiger partial charge in [-0.1, -0.05) is 148 Å². The minimum absolute atomic E-state index is 0.0210. The van der Waals surface area contributed by atoms with Crippen molar-refractivity contribution in [2.24, 2.45) is 23.5 Å². The molecule has 12 amide bonds. The van der Waals surface area contributed by atoms with Crippen LogP contribution in [0.25, 0.3) is 0 Å². The molecule has 0 saturated carbocycles. The fourth-order valence-electron chi connectivity index (χ4n) is 14.6. The Morgan fingerprint density at radius 3 is 1.97 bits per heavy atom. The second-order valence-electron chi connectivity index (χ2n) is 31.7. The lowest BCUT2D eigenvalue weighted by Crippen LogP contribution is -2.64. The zero-order chi connectivity index (χ0) is 85.7. The number of nitrogens with two attached hydrogens (primary N) is 1. The van der Waals surface area contributed by atoms with Crippen molar-refractivity contribution in [3.8, 4) is 5.75 Å². The van der Waals surface area contributed by atoms with Crippen LogP contribution < -0.4 is 58.9 Å². The van der Waals surface area contributed by atoms with Crippen LogP contribution in [0.5, 0.6) is 5.75 Å². The number of aliphatic hydroxyl groups is 7. The van der Waals surface area contributed by atoms with E-state index in [1.807, 2.05) is 27.0 Å². The number of rotatable bonds is 43. The fraction of sp³-hybridized carbons (Fsp3) is 0.704. The minimum Gasteiger partial charge on any atom is -0.508 e. The van der Waals surface area contributed by atoms with Crippen molar-refractivity contribution >= 4 is 83.2 Å². The van der Waals surface area contributed by atoms with Gasteiger partial charge in [0.15, 0.2) is 6.23 Å². The number of phenolic OH excluding ortho intramolecular Hbond substituents is 1. The summed E-state index contributed by atoms with van der Waals surface area (Å²) in [5.41, 5.74) is 6.91. The van der Waals surface area contributed by atoms with Crippen LogP contribution in [0.2, 0.25) is 0 Å². The summed E-state index contributed by atoms with van der Waals surface area (Å²) in [5.74, 6) is -8.90. The summed E-state index contributed by atoms with van der Waals surface area (Å²) in [6.07, 6.45) is -4.17. The first-order valence-corrected chi connectivity index (χ1v) is 42.5. The van der Waals surface area contributed by atoms with Gasteiger partial charge in [0.05, 0.1) is 37.1 Å². The lowest BCUT2D eigenvalue weighted by atomic mass is 9.91. The lowest BCUT2D eigenvalue weighted by molar-refractivity contribution is -0.150. The number of aromatic hydroxyl groups is 1. The van der Waals surface area contributed by atoms with Crippen molar-refractivity contribution in [2.45, 2.75) is 299 Å². The summed E-state index contributed by atoms with van der Waals surface area (Å²) < 4.78 is 6.12. The summed E-state index contributed by atoms with van der Waals surface area (Å²) in [6, 6.07) is -2.29. The van der Waals surface area contributed by atoms with Gasteiger partial charge >= 0.3 is 0 Å². The predicted molar refractivity (Wildman–Crippen MR) is 432 cm³/mol. The molecule has 2 aromatic rings. The highest BCUT2D eigenvalue weighted by atomic mass is 32.2. The molecule has 3 heterocycles. The minimum atomic E-state index is -2.34. The van der Waals surface area contributed by atoms with E-state index in [1.54, 1.807) is 30.3 Å². The number of fused-ring (bicyclic) bond motifs is 2. The average Bonchev–Trinajstić information content (AvgIpc) is 1.58. The molecule has 20 unspecified atom stereocenters. The number of ether oxygens (including phenoxy) is 1. The molecule has 35 heteroatoms. The van der Waals surface area contributed by atoms with Crippen LogP contribution in [0, 0.1) is 17.8 Å². The summed E-state index contributed by atoms with van der Waals surface area (Å²) in [6.45, 7) is 11.1. The largest absolute Gasteiger partial charge is 0.508 e. The third-order valence-electron chi connectivity index (χ3n) is 21.5. The summed E-state index contributed by atoms with van der Waals surface area (Å²) in [7, 11) is 0. The van der Waals surface area contributed by atoms with Crippen LogP contribution in [0.4, 0.5) is 0 Å². The number of unbranched alkanes of at least 4 members (excludes halogenated alkanes) is 7. The quantitative estimate of drug-likeness (QED) is 0.0303. The molecule has 3 aliphatic heterocycles. The monoisotopic (exact) mass is 1650 g/mol. The normalized spacial score (nSPS) is 24.0. The van der Waals surface area contributed by atoms with Gasteiger partial charge in [-0.25, -0.2) is 0 Å². The highest BCUT2D eigenvalue weighted by molar-refractivity contribution is 7.98. The Morgan fingerprint density at radius 2 is 1.31 bits per heavy atom. The van der Waals surface area contributed by atoms with Gasteiger partial charge in [-0.05, 0) is 111 Å². The van der Waals surface area contributed by atoms with Crippen LogP contribution in [0.3, 0.4) is 0 Å². The highest BCUT2D eigenvalue weighted by Crippen LogP contribution is 2.28. The summed E-state index contributed by atoms with van der Waals surface area (Å²) >= 11 is 1.46. The SMILES string of the molecule is CCCCCC(O)C1NC(=O)C(C(O)C(O)c2ccc(O)cc2)NC(=O)C2CC(O)CN2C(=O)C(C(C)O)NC(=O)CC(NC(=O)CCCCCCCCC(C)CC(C)CC)CCC(O)C(OCCNC(=O)C(N)CNC(=O)C(Cc2ccccc2)NC(=O)C(CC(C)C)NC(=O)C(CCSC)NC=O)NC(=O)C2C(O)CCN2C1=O. The molecule has 0 aromatic heterocycles. The zero-order valence-electron chi connectivity index (χ0n) is 68.5. The Morgan fingerprint density at radius 1 is 0.664 bits per heavy atom. The van der Waals surface area contributed by atoms with Crippen molar-refractivity contribution < 1.29 is 103 Å². The molecule has 34 nitrogen and oxygen atoms in total. The van der Waals surface area contributed by atoms with Gasteiger partial charge in [0.25, 0.3) is 0 Å². The van der Waals surface area contributed by atoms with Crippen LogP contribution in [-0.2, 0) is 68.7 Å². The number of phenols is 1. The molecule has 20 atom stereocenters. The number of hydrogen-bond acceptors (Lipinski definition) is 23. The maximum Gasteiger partial charge on any atom is 0.248 e. The third kappa shape index (κ3) is 32.6. The van der Waals surface area contributed by atoms with Gasteiger partial charge < -0.3 is 114 Å². The molecular formula is C81H131N13O21S. The second kappa shape index (κ2) is 51.3. The van der Waals surface area contributed by atoms with Crippen molar-refractivity contribution in [1.82, 2.24) is 63.0 Å². The van der Waals surface area contributed by atoms with Gasteiger partial charge in [-0.15, -0.1) is 0 Å². The maximum absolute atomic E-state index is 15.2. The average molecular weight is 1660 g/mol. The maximum atomic E-state index is 15.2. The Labute approximate surface area is 685 Å². The van der Waals surface area contributed by atoms with E-state index < -0.39 is 220 Å². The van der Waals surface area contributed by atoms with Crippen LogP contribution in [-0.4, -0.2) is 270 Å². The van der Waals surface area contributed by atoms with Crippen molar-refractivity contribution in [1.29, 1.82) is 0 Å². The molecular weight excluding hydrogens is 1520 g/mol. The highest BCUT2D eigenvalue weighted by Gasteiger charge is 2.49. The molecule has 0 radical (unpaired) electrons. The first-order valence-electron chi connectivity index (χ1n) is 41.1. The summed E-state index contributed by atoms with van der Waals surface area (Å²) in [4.78, 5) is 172. The van der Waals surface area contributed by atoms with Crippen LogP contribution in [0.1, 0.15) is 201 Å². The molecule has 652 valence electrons. The van der Waals surface area contributed by atoms with Gasteiger partial charge in [0, 0.05) is 57.9 Å². The number of benzene rings is 2. The predicted octanol–water partition coefficient (Wildman–Crippen LogP) is -0.146.